The topological polar surface area (TPSA) is 54.1 Å². The van der Waals surface area contributed by atoms with Crippen LogP contribution in [0, 0.1) is 5.41 Å². The molecule has 0 saturated heterocycles. The Bertz CT molecular complexity index is 614. The van der Waals surface area contributed by atoms with Crippen molar-refractivity contribution >= 4 is 16.8 Å². The van der Waals surface area contributed by atoms with Crippen molar-refractivity contribution in [2.45, 2.75) is 19.3 Å². The summed E-state index contributed by atoms with van der Waals surface area (Å²) in [6.45, 7) is 1.51. The SMILES string of the molecule is COCCC1(CNC(=O)c2cccc3[nH]ccc23)CC1. The van der Waals surface area contributed by atoms with E-state index in [2.05, 4.69) is 10.3 Å². The first-order chi connectivity index (χ1) is 9.74. The van der Waals surface area contributed by atoms with E-state index in [4.69, 9.17) is 4.74 Å². The minimum absolute atomic E-state index is 0.0129. The first-order valence-electron chi connectivity index (χ1n) is 7.07. The fraction of sp³-hybridized carbons (Fsp3) is 0.438. The van der Waals surface area contributed by atoms with Gasteiger partial charge < -0.3 is 15.0 Å². The lowest BCUT2D eigenvalue weighted by Gasteiger charge is -2.15. The van der Waals surface area contributed by atoms with E-state index in [-0.39, 0.29) is 11.3 Å². The number of fused-ring (bicyclic) bond motifs is 1. The highest BCUT2D eigenvalue weighted by molar-refractivity contribution is 6.06. The predicted molar refractivity (Wildman–Crippen MR) is 78.8 cm³/mol. The van der Waals surface area contributed by atoms with Gasteiger partial charge in [-0.2, -0.15) is 0 Å². The minimum atomic E-state index is 0.0129. The van der Waals surface area contributed by atoms with Crippen molar-refractivity contribution in [2.75, 3.05) is 20.3 Å². The van der Waals surface area contributed by atoms with E-state index in [1.54, 1.807) is 7.11 Å². The van der Waals surface area contributed by atoms with E-state index >= 15 is 0 Å². The molecule has 1 fully saturated rings. The summed E-state index contributed by atoms with van der Waals surface area (Å²) in [6, 6.07) is 7.71. The normalized spacial score (nSPS) is 16.2. The summed E-state index contributed by atoms with van der Waals surface area (Å²) in [7, 11) is 1.72. The Morgan fingerprint density at radius 1 is 1.40 bits per heavy atom. The van der Waals surface area contributed by atoms with Crippen molar-refractivity contribution in [3.05, 3.63) is 36.0 Å². The molecule has 0 radical (unpaired) electrons. The smallest absolute Gasteiger partial charge is 0.251 e. The maximum atomic E-state index is 12.3. The molecule has 4 nitrogen and oxygen atoms in total. The summed E-state index contributed by atoms with van der Waals surface area (Å²) >= 11 is 0. The second-order valence-corrected chi connectivity index (χ2v) is 5.67. The van der Waals surface area contributed by atoms with Gasteiger partial charge in [0.15, 0.2) is 0 Å². The molecule has 4 heteroatoms. The van der Waals surface area contributed by atoms with Gasteiger partial charge in [0.1, 0.15) is 0 Å². The van der Waals surface area contributed by atoms with Crippen LogP contribution in [0.2, 0.25) is 0 Å². The number of amides is 1. The molecular weight excluding hydrogens is 252 g/mol. The first-order valence-corrected chi connectivity index (χ1v) is 7.07. The van der Waals surface area contributed by atoms with Crippen LogP contribution < -0.4 is 5.32 Å². The Morgan fingerprint density at radius 3 is 3.00 bits per heavy atom. The number of carbonyl (C=O) groups is 1. The van der Waals surface area contributed by atoms with E-state index < -0.39 is 0 Å². The van der Waals surface area contributed by atoms with E-state index in [1.807, 2.05) is 30.5 Å². The molecule has 0 spiro atoms. The number of benzene rings is 1. The lowest BCUT2D eigenvalue weighted by Crippen LogP contribution is -2.30. The minimum Gasteiger partial charge on any atom is -0.385 e. The largest absolute Gasteiger partial charge is 0.385 e. The van der Waals surface area contributed by atoms with Crippen molar-refractivity contribution in [1.29, 1.82) is 0 Å². The molecule has 1 saturated carbocycles. The highest BCUT2D eigenvalue weighted by Crippen LogP contribution is 2.48. The van der Waals surface area contributed by atoms with Gasteiger partial charge in [-0.15, -0.1) is 0 Å². The number of ether oxygens (including phenoxy) is 1. The summed E-state index contributed by atoms with van der Waals surface area (Å²) in [4.78, 5) is 15.5. The van der Waals surface area contributed by atoms with Crippen molar-refractivity contribution in [2.24, 2.45) is 5.41 Å². The average Bonchev–Trinajstić information content (AvgIpc) is 3.08. The summed E-state index contributed by atoms with van der Waals surface area (Å²) in [5, 5.41) is 4.06. The molecule has 2 N–H and O–H groups in total. The van der Waals surface area contributed by atoms with Crippen LogP contribution >= 0.6 is 0 Å². The maximum Gasteiger partial charge on any atom is 0.251 e. The molecule has 1 heterocycles. The zero-order chi connectivity index (χ0) is 14.0. The molecule has 1 aromatic heterocycles. The second-order valence-electron chi connectivity index (χ2n) is 5.67. The zero-order valence-corrected chi connectivity index (χ0v) is 11.7. The summed E-state index contributed by atoms with van der Waals surface area (Å²) in [6.07, 6.45) is 5.26. The number of aromatic amines is 1. The van der Waals surface area contributed by atoms with Gasteiger partial charge in [-0.3, -0.25) is 4.79 Å². The van der Waals surface area contributed by atoms with Gasteiger partial charge in [-0.25, -0.2) is 0 Å². The van der Waals surface area contributed by atoms with Crippen molar-refractivity contribution < 1.29 is 9.53 Å². The maximum absolute atomic E-state index is 12.3. The average molecular weight is 272 g/mol. The fourth-order valence-electron chi connectivity index (χ4n) is 2.66. The Labute approximate surface area is 118 Å². The van der Waals surface area contributed by atoms with Crippen LogP contribution in [0.25, 0.3) is 10.9 Å². The highest BCUT2D eigenvalue weighted by atomic mass is 16.5. The molecule has 1 aliphatic carbocycles. The molecule has 1 amide bonds. The van der Waals surface area contributed by atoms with Gasteiger partial charge in [-0.1, -0.05) is 6.07 Å². The molecular formula is C16H20N2O2. The number of carbonyl (C=O) groups excluding carboxylic acids is 1. The van der Waals surface area contributed by atoms with Crippen LogP contribution in [0.4, 0.5) is 0 Å². The Balaban J connectivity index is 1.66. The van der Waals surface area contributed by atoms with Crippen LogP contribution in [0.5, 0.6) is 0 Å². The van der Waals surface area contributed by atoms with Crippen molar-refractivity contribution in [1.82, 2.24) is 10.3 Å². The second kappa shape index (κ2) is 5.29. The number of hydrogen-bond acceptors (Lipinski definition) is 2. The third-order valence-corrected chi connectivity index (χ3v) is 4.26. The third kappa shape index (κ3) is 2.56. The molecule has 0 atom stereocenters. The molecule has 0 unspecified atom stereocenters. The lowest BCUT2D eigenvalue weighted by molar-refractivity contribution is 0.0939. The van der Waals surface area contributed by atoms with E-state index in [9.17, 15) is 4.79 Å². The van der Waals surface area contributed by atoms with Crippen molar-refractivity contribution in [3.63, 3.8) is 0 Å². The summed E-state index contributed by atoms with van der Waals surface area (Å²) < 4.78 is 5.14. The number of nitrogens with one attached hydrogen (secondary N) is 2. The van der Waals surface area contributed by atoms with Crippen LogP contribution in [0.15, 0.2) is 30.5 Å². The monoisotopic (exact) mass is 272 g/mol. The van der Waals surface area contributed by atoms with Gasteiger partial charge >= 0.3 is 0 Å². The molecule has 1 aromatic carbocycles. The number of aromatic nitrogens is 1. The van der Waals surface area contributed by atoms with Gasteiger partial charge in [-0.05, 0) is 42.9 Å². The molecule has 0 bridgehead atoms. The third-order valence-electron chi connectivity index (χ3n) is 4.26. The van der Waals surface area contributed by atoms with Crippen LogP contribution in [-0.2, 0) is 4.74 Å². The van der Waals surface area contributed by atoms with Crippen LogP contribution in [0.3, 0.4) is 0 Å². The van der Waals surface area contributed by atoms with E-state index in [0.717, 1.165) is 36.0 Å². The fourth-order valence-corrected chi connectivity index (χ4v) is 2.66. The van der Waals surface area contributed by atoms with Gasteiger partial charge in [0.25, 0.3) is 5.91 Å². The lowest BCUT2D eigenvalue weighted by atomic mass is 10.0. The molecule has 1 aliphatic rings. The van der Waals surface area contributed by atoms with Gasteiger partial charge in [0.2, 0.25) is 0 Å². The van der Waals surface area contributed by atoms with Crippen LogP contribution in [-0.4, -0.2) is 31.2 Å². The molecule has 0 aliphatic heterocycles. The Kier molecular flexibility index (Phi) is 3.49. The summed E-state index contributed by atoms with van der Waals surface area (Å²) in [5.41, 5.74) is 2.02. The van der Waals surface area contributed by atoms with Gasteiger partial charge in [0.05, 0.1) is 0 Å². The molecule has 20 heavy (non-hydrogen) atoms. The molecule has 106 valence electrons. The number of rotatable bonds is 6. The predicted octanol–water partition coefficient (Wildman–Crippen LogP) is 2.71. The quantitative estimate of drug-likeness (QED) is 0.849. The number of H-pyrrole nitrogens is 1. The number of hydrogen-bond donors (Lipinski definition) is 2. The Morgan fingerprint density at radius 2 is 2.25 bits per heavy atom. The first kappa shape index (κ1) is 13.2. The molecule has 2 aromatic rings. The van der Waals surface area contributed by atoms with Crippen LogP contribution in [0.1, 0.15) is 29.6 Å². The van der Waals surface area contributed by atoms with Crippen molar-refractivity contribution in [3.8, 4) is 0 Å². The van der Waals surface area contributed by atoms with Gasteiger partial charge in [0, 0.05) is 42.9 Å². The highest BCUT2D eigenvalue weighted by Gasteiger charge is 2.42. The summed E-state index contributed by atoms with van der Waals surface area (Å²) in [5.74, 6) is 0.0129. The standard InChI is InChI=1S/C16H20N2O2/c1-20-10-8-16(6-7-16)11-18-15(19)13-3-2-4-14-12(13)5-9-17-14/h2-5,9,17H,6-8,10-11H2,1H3,(H,18,19). The number of methoxy groups -OCH3 is 1. The van der Waals surface area contributed by atoms with E-state index in [0.29, 0.717) is 0 Å². The van der Waals surface area contributed by atoms with E-state index in [1.165, 1.54) is 12.8 Å². The Hall–Kier alpha value is -1.81. The zero-order valence-electron chi connectivity index (χ0n) is 11.7. The molecule has 3 rings (SSSR count).